The van der Waals surface area contributed by atoms with Crippen molar-refractivity contribution in [2.24, 2.45) is 0 Å². The van der Waals surface area contributed by atoms with Crippen molar-refractivity contribution < 1.29 is 24.3 Å². The lowest BCUT2D eigenvalue weighted by Gasteiger charge is -2.29. The summed E-state index contributed by atoms with van der Waals surface area (Å²) < 4.78 is 1.56. The van der Waals surface area contributed by atoms with E-state index in [0.29, 0.717) is 38.2 Å². The average Bonchev–Trinajstić information content (AvgIpc) is 3.43. The molecule has 0 spiro atoms. The van der Waals surface area contributed by atoms with Crippen LogP contribution in [0.15, 0.2) is 48.7 Å². The minimum absolute atomic E-state index is 0.0366. The number of hydrogen-bond donors (Lipinski definition) is 2. The van der Waals surface area contributed by atoms with Gasteiger partial charge >= 0.3 is 5.97 Å². The van der Waals surface area contributed by atoms with Crippen molar-refractivity contribution >= 4 is 23.7 Å². The predicted octanol–water partition coefficient (Wildman–Crippen LogP) is 4.24. The molecule has 1 aliphatic rings. The lowest BCUT2D eigenvalue weighted by atomic mass is 9.97. The molecule has 3 amide bonds. The number of carbonyl (C=O) groups excluding carboxylic acids is 3. The topological polar surface area (TPSA) is 125 Å². The van der Waals surface area contributed by atoms with Crippen LogP contribution < -0.4 is 5.32 Å². The molecular formula is C32H39N5O5. The Hall–Kier alpha value is -4.47. The highest BCUT2D eigenvalue weighted by molar-refractivity contribution is 6.03. The van der Waals surface area contributed by atoms with Crippen LogP contribution in [0.2, 0.25) is 0 Å². The standard InChI is InChI=1S/C32H39N5O5/c1-4-6-15-35(16-7-5-2)31(40)27-20-37(21-28(38)33-3)29(34-27)25-13-12-23(32(41)42)18-26(25)30(39)36-17-14-22-10-8-9-11-24(22)19-36/h8-13,18,20H,4-7,14-17,19,21H2,1-3H3,(H,33,38)(H,41,42). The van der Waals surface area contributed by atoms with Crippen molar-refractivity contribution in [1.82, 2.24) is 24.7 Å². The molecule has 2 heterocycles. The van der Waals surface area contributed by atoms with Gasteiger partial charge in [0.2, 0.25) is 5.91 Å². The maximum atomic E-state index is 14.0. The van der Waals surface area contributed by atoms with E-state index in [9.17, 15) is 24.3 Å². The summed E-state index contributed by atoms with van der Waals surface area (Å²) in [5, 5.41) is 12.3. The first-order chi connectivity index (χ1) is 20.3. The van der Waals surface area contributed by atoms with Gasteiger partial charge in [-0.05, 0) is 48.6 Å². The molecule has 0 bridgehead atoms. The number of fused-ring (bicyclic) bond motifs is 1. The number of aromatic carboxylic acids is 1. The van der Waals surface area contributed by atoms with E-state index in [-0.39, 0.29) is 46.9 Å². The number of likely N-dealkylation sites (N-methyl/N-ethyl adjacent to an activating group) is 1. The van der Waals surface area contributed by atoms with E-state index in [1.165, 1.54) is 30.8 Å². The number of imidazole rings is 1. The van der Waals surface area contributed by atoms with Gasteiger partial charge in [-0.25, -0.2) is 9.78 Å². The van der Waals surface area contributed by atoms with Crippen LogP contribution in [-0.2, 0) is 24.3 Å². The van der Waals surface area contributed by atoms with E-state index in [1.807, 2.05) is 24.3 Å². The average molecular weight is 574 g/mol. The Bertz CT molecular complexity index is 1460. The molecule has 222 valence electrons. The molecule has 0 saturated heterocycles. The van der Waals surface area contributed by atoms with Crippen LogP contribution in [0.5, 0.6) is 0 Å². The maximum Gasteiger partial charge on any atom is 0.335 e. The van der Waals surface area contributed by atoms with Crippen molar-refractivity contribution in [2.75, 3.05) is 26.7 Å². The van der Waals surface area contributed by atoms with Crippen LogP contribution in [0.4, 0.5) is 0 Å². The fraction of sp³-hybridized carbons (Fsp3) is 0.406. The van der Waals surface area contributed by atoms with E-state index >= 15 is 0 Å². The van der Waals surface area contributed by atoms with Crippen LogP contribution in [0, 0.1) is 0 Å². The van der Waals surface area contributed by atoms with Gasteiger partial charge in [0.15, 0.2) is 0 Å². The summed E-state index contributed by atoms with van der Waals surface area (Å²) in [6.45, 7) is 6.08. The van der Waals surface area contributed by atoms with Gasteiger partial charge in [0.25, 0.3) is 11.8 Å². The molecule has 0 unspecified atom stereocenters. The molecule has 10 nitrogen and oxygen atoms in total. The van der Waals surface area contributed by atoms with Crippen molar-refractivity contribution in [1.29, 1.82) is 0 Å². The van der Waals surface area contributed by atoms with E-state index in [4.69, 9.17) is 0 Å². The number of nitrogens with zero attached hydrogens (tertiary/aromatic N) is 4. The first-order valence-corrected chi connectivity index (χ1v) is 14.6. The third kappa shape index (κ3) is 6.87. The largest absolute Gasteiger partial charge is 0.478 e. The molecule has 2 aromatic carbocycles. The van der Waals surface area contributed by atoms with E-state index < -0.39 is 5.97 Å². The third-order valence-corrected chi connectivity index (χ3v) is 7.59. The van der Waals surface area contributed by atoms with Crippen LogP contribution in [0.1, 0.15) is 81.9 Å². The molecular weight excluding hydrogens is 534 g/mol. The van der Waals surface area contributed by atoms with Crippen LogP contribution >= 0.6 is 0 Å². The molecule has 0 radical (unpaired) electrons. The van der Waals surface area contributed by atoms with Gasteiger partial charge in [-0.1, -0.05) is 51.0 Å². The molecule has 0 saturated carbocycles. The van der Waals surface area contributed by atoms with Gasteiger partial charge in [-0.15, -0.1) is 0 Å². The maximum absolute atomic E-state index is 14.0. The highest BCUT2D eigenvalue weighted by Gasteiger charge is 2.28. The predicted molar refractivity (Wildman–Crippen MR) is 159 cm³/mol. The third-order valence-electron chi connectivity index (χ3n) is 7.59. The van der Waals surface area contributed by atoms with Crippen LogP contribution in [0.25, 0.3) is 11.4 Å². The monoisotopic (exact) mass is 573 g/mol. The zero-order valence-electron chi connectivity index (χ0n) is 24.6. The Morgan fingerprint density at radius 3 is 2.33 bits per heavy atom. The molecule has 4 rings (SSSR count). The Labute approximate surface area is 246 Å². The van der Waals surface area contributed by atoms with Gasteiger partial charge in [0, 0.05) is 45.0 Å². The lowest BCUT2D eigenvalue weighted by molar-refractivity contribution is -0.121. The number of carbonyl (C=O) groups is 4. The van der Waals surface area contributed by atoms with E-state index in [2.05, 4.69) is 24.1 Å². The summed E-state index contributed by atoms with van der Waals surface area (Å²) in [6.07, 6.45) is 5.83. The quantitative estimate of drug-likeness (QED) is 0.334. The second kappa shape index (κ2) is 13.9. The summed E-state index contributed by atoms with van der Waals surface area (Å²) in [4.78, 5) is 60.2. The van der Waals surface area contributed by atoms with Gasteiger partial charge in [0.1, 0.15) is 18.1 Å². The lowest BCUT2D eigenvalue weighted by Crippen LogP contribution is -2.36. The summed E-state index contributed by atoms with van der Waals surface area (Å²) in [5.41, 5.74) is 2.88. The molecule has 0 fully saturated rings. The Balaban J connectivity index is 1.78. The highest BCUT2D eigenvalue weighted by atomic mass is 16.4. The van der Waals surface area contributed by atoms with Crippen molar-refractivity contribution in [3.63, 3.8) is 0 Å². The number of carboxylic acid groups (broad SMARTS) is 1. The summed E-state index contributed by atoms with van der Waals surface area (Å²) in [6, 6.07) is 12.2. The number of carboxylic acids is 1. The summed E-state index contributed by atoms with van der Waals surface area (Å²) in [5.74, 6) is -1.78. The fourth-order valence-electron chi connectivity index (χ4n) is 5.15. The number of unbranched alkanes of at least 4 members (excludes halogenated alkanes) is 2. The normalized spacial score (nSPS) is 12.5. The van der Waals surface area contributed by atoms with Crippen molar-refractivity contribution in [3.8, 4) is 11.4 Å². The van der Waals surface area contributed by atoms with Crippen molar-refractivity contribution in [2.45, 2.75) is 59.0 Å². The number of aromatic nitrogens is 2. The molecule has 3 aromatic rings. The molecule has 42 heavy (non-hydrogen) atoms. The smallest absolute Gasteiger partial charge is 0.335 e. The number of nitrogens with one attached hydrogen (secondary N) is 1. The van der Waals surface area contributed by atoms with Gasteiger partial charge in [0.05, 0.1) is 11.1 Å². The second-order valence-electron chi connectivity index (χ2n) is 10.6. The number of hydrogen-bond acceptors (Lipinski definition) is 5. The fourth-order valence-corrected chi connectivity index (χ4v) is 5.15. The van der Waals surface area contributed by atoms with Gasteiger partial charge in [-0.2, -0.15) is 0 Å². The van der Waals surface area contributed by atoms with Crippen LogP contribution in [0.3, 0.4) is 0 Å². The minimum atomic E-state index is -1.16. The minimum Gasteiger partial charge on any atom is -0.478 e. The molecule has 0 aliphatic carbocycles. The van der Waals surface area contributed by atoms with Gasteiger partial charge in [-0.3, -0.25) is 14.4 Å². The first-order valence-electron chi connectivity index (χ1n) is 14.6. The molecule has 1 aliphatic heterocycles. The summed E-state index contributed by atoms with van der Waals surface area (Å²) >= 11 is 0. The Morgan fingerprint density at radius 1 is 1.00 bits per heavy atom. The Morgan fingerprint density at radius 2 is 1.69 bits per heavy atom. The number of benzene rings is 2. The number of rotatable bonds is 12. The SMILES string of the molecule is CCCCN(CCCC)C(=O)c1cn(CC(=O)NC)c(-c2ccc(C(=O)O)cc2C(=O)N2CCc3ccccc3C2)n1. The van der Waals surface area contributed by atoms with Gasteiger partial charge < -0.3 is 24.8 Å². The molecule has 0 atom stereocenters. The van der Waals surface area contributed by atoms with Crippen molar-refractivity contribution in [3.05, 3.63) is 76.6 Å². The van der Waals surface area contributed by atoms with E-state index in [1.54, 1.807) is 20.6 Å². The summed E-state index contributed by atoms with van der Waals surface area (Å²) in [7, 11) is 1.52. The molecule has 2 N–H and O–H groups in total. The van der Waals surface area contributed by atoms with E-state index in [0.717, 1.165) is 31.2 Å². The first kappa shape index (κ1) is 30.5. The Kier molecular flexibility index (Phi) is 10.1. The zero-order valence-corrected chi connectivity index (χ0v) is 24.6. The zero-order chi connectivity index (χ0) is 30.2. The highest BCUT2D eigenvalue weighted by Crippen LogP contribution is 2.29. The second-order valence-corrected chi connectivity index (χ2v) is 10.6. The molecule has 10 heteroatoms. The molecule has 1 aromatic heterocycles. The van der Waals surface area contributed by atoms with Crippen LogP contribution in [-0.4, -0.2) is 74.8 Å². The number of amides is 3.